The number of primary sulfonamides is 1. The maximum atomic E-state index is 14.0. The molecule has 0 aliphatic carbocycles. The van der Waals surface area contributed by atoms with Gasteiger partial charge < -0.3 is 4.74 Å². The second-order valence-corrected chi connectivity index (χ2v) is 16.1. The van der Waals surface area contributed by atoms with Crippen LogP contribution >= 0.6 is 0 Å². The lowest BCUT2D eigenvalue weighted by Gasteiger charge is -2.18. The Morgan fingerprint density at radius 3 is 2.24 bits per heavy atom. The van der Waals surface area contributed by atoms with E-state index >= 15 is 0 Å². The third-order valence-electron chi connectivity index (χ3n) is 5.00. The predicted octanol–water partition coefficient (Wildman–Crippen LogP) is 5.33. The van der Waals surface area contributed by atoms with E-state index in [1.807, 2.05) is 0 Å². The summed E-state index contributed by atoms with van der Waals surface area (Å²) in [5, 5.41) is 5.32. The van der Waals surface area contributed by atoms with Crippen LogP contribution in [0.3, 0.4) is 0 Å². The average Bonchev–Trinajstić information content (AvgIpc) is 3.10. The molecular formula is C22H25F4N3O3SSi. The van der Waals surface area contributed by atoms with E-state index in [1.54, 1.807) is 0 Å². The van der Waals surface area contributed by atoms with E-state index in [0.717, 1.165) is 22.7 Å². The number of nitrogens with two attached hydrogens (primary N) is 1. The second-order valence-electron chi connectivity index (χ2n) is 8.95. The topological polar surface area (TPSA) is 87.2 Å². The Morgan fingerprint density at radius 2 is 1.68 bits per heavy atom. The fraction of sp³-hybridized carbons (Fsp3) is 0.318. The van der Waals surface area contributed by atoms with Crippen molar-refractivity contribution in [2.75, 3.05) is 6.61 Å². The van der Waals surface area contributed by atoms with Crippen LogP contribution in [0.2, 0.25) is 25.7 Å². The smallest absolute Gasteiger partial charge is 0.361 e. The zero-order valence-corrected chi connectivity index (χ0v) is 20.7. The van der Waals surface area contributed by atoms with E-state index in [1.165, 1.54) is 36.4 Å². The summed E-state index contributed by atoms with van der Waals surface area (Å²) < 4.78 is 86.5. The summed E-state index contributed by atoms with van der Waals surface area (Å²) in [4.78, 5) is 3.43. The number of aromatic nitrogens is 2. The molecule has 0 spiro atoms. The SMILES string of the molecule is C[Si](C)(C)CCOCn1c(C(F)(F)F)nc(-c2ccccc2S(N)(=O)=O)c1-c1ccc(F)cc1. The van der Waals surface area contributed by atoms with Crippen molar-refractivity contribution in [1.82, 2.24) is 9.55 Å². The van der Waals surface area contributed by atoms with Gasteiger partial charge in [-0.2, -0.15) is 13.2 Å². The average molecular weight is 516 g/mol. The summed E-state index contributed by atoms with van der Waals surface area (Å²) in [6.45, 7) is 6.11. The Morgan fingerprint density at radius 1 is 1.06 bits per heavy atom. The van der Waals surface area contributed by atoms with Crippen molar-refractivity contribution in [3.8, 4) is 22.5 Å². The minimum atomic E-state index is -4.87. The lowest BCUT2D eigenvalue weighted by Crippen LogP contribution is -2.23. The van der Waals surface area contributed by atoms with Crippen LogP contribution in [0.4, 0.5) is 17.6 Å². The van der Waals surface area contributed by atoms with Crippen molar-refractivity contribution in [3.63, 3.8) is 0 Å². The van der Waals surface area contributed by atoms with Crippen LogP contribution in [0.5, 0.6) is 0 Å². The Hall–Kier alpha value is -2.54. The fourth-order valence-corrected chi connectivity index (χ4v) is 4.82. The van der Waals surface area contributed by atoms with Crippen molar-refractivity contribution < 1.29 is 30.7 Å². The summed E-state index contributed by atoms with van der Waals surface area (Å²) >= 11 is 0. The first-order valence-corrected chi connectivity index (χ1v) is 15.6. The molecule has 0 atom stereocenters. The highest BCUT2D eigenvalue weighted by atomic mass is 32.2. The molecule has 34 heavy (non-hydrogen) atoms. The van der Waals surface area contributed by atoms with Gasteiger partial charge in [-0.15, -0.1) is 0 Å². The molecule has 6 nitrogen and oxygen atoms in total. The minimum Gasteiger partial charge on any atom is -0.361 e. The maximum Gasteiger partial charge on any atom is 0.449 e. The molecule has 0 amide bonds. The third-order valence-corrected chi connectivity index (χ3v) is 7.68. The molecule has 0 saturated heterocycles. The van der Waals surface area contributed by atoms with Gasteiger partial charge in [0.05, 0.1) is 16.3 Å². The van der Waals surface area contributed by atoms with E-state index in [9.17, 15) is 26.0 Å². The molecule has 0 aliphatic heterocycles. The number of halogens is 4. The number of benzene rings is 2. The van der Waals surface area contributed by atoms with Crippen molar-refractivity contribution in [2.24, 2.45) is 5.14 Å². The number of sulfonamides is 1. The summed E-state index contributed by atoms with van der Waals surface area (Å²) in [5.41, 5.74) is -0.207. The first-order valence-electron chi connectivity index (χ1n) is 10.3. The molecule has 0 radical (unpaired) electrons. The van der Waals surface area contributed by atoms with Gasteiger partial charge in [-0.25, -0.2) is 22.9 Å². The summed E-state index contributed by atoms with van der Waals surface area (Å²) in [6.07, 6.45) is -4.87. The first-order chi connectivity index (χ1) is 15.7. The highest BCUT2D eigenvalue weighted by molar-refractivity contribution is 7.89. The molecule has 0 saturated carbocycles. The molecule has 1 heterocycles. The molecule has 3 aromatic rings. The molecule has 0 unspecified atom stereocenters. The largest absolute Gasteiger partial charge is 0.449 e. The summed E-state index contributed by atoms with van der Waals surface area (Å²) in [7, 11) is -5.78. The van der Waals surface area contributed by atoms with Crippen LogP contribution in [0.15, 0.2) is 53.4 Å². The van der Waals surface area contributed by atoms with Gasteiger partial charge >= 0.3 is 6.18 Å². The van der Waals surface area contributed by atoms with Gasteiger partial charge in [0.25, 0.3) is 0 Å². The Bertz CT molecular complexity index is 1270. The zero-order chi connectivity index (χ0) is 25.3. The van der Waals surface area contributed by atoms with Gasteiger partial charge in [0.15, 0.2) is 0 Å². The van der Waals surface area contributed by atoms with Crippen LogP contribution in [-0.2, 0) is 27.7 Å². The van der Waals surface area contributed by atoms with Crippen LogP contribution in [-0.4, -0.2) is 32.6 Å². The number of alkyl halides is 3. The van der Waals surface area contributed by atoms with E-state index < -0.39 is 42.6 Å². The Kier molecular flexibility index (Phi) is 7.36. The van der Waals surface area contributed by atoms with Gasteiger partial charge in [-0.3, -0.25) is 4.57 Å². The van der Waals surface area contributed by atoms with Crippen molar-refractivity contribution in [3.05, 3.63) is 60.2 Å². The minimum absolute atomic E-state index is 0.0589. The van der Waals surface area contributed by atoms with Gasteiger partial charge in [0, 0.05) is 25.8 Å². The lowest BCUT2D eigenvalue weighted by molar-refractivity contribution is -0.149. The molecular weight excluding hydrogens is 490 g/mol. The van der Waals surface area contributed by atoms with Crippen LogP contribution < -0.4 is 5.14 Å². The number of hydrogen-bond donors (Lipinski definition) is 1. The molecule has 3 rings (SSSR count). The normalized spacial score (nSPS) is 12.8. The summed E-state index contributed by atoms with van der Waals surface area (Å²) in [6, 6.07) is 10.9. The molecule has 12 heteroatoms. The zero-order valence-electron chi connectivity index (χ0n) is 18.9. The van der Waals surface area contributed by atoms with E-state index in [4.69, 9.17) is 9.88 Å². The number of rotatable bonds is 8. The van der Waals surface area contributed by atoms with Crippen LogP contribution in [0, 0.1) is 5.82 Å². The lowest BCUT2D eigenvalue weighted by atomic mass is 10.0. The van der Waals surface area contributed by atoms with Crippen LogP contribution in [0.1, 0.15) is 5.82 Å². The highest BCUT2D eigenvalue weighted by Gasteiger charge is 2.40. The van der Waals surface area contributed by atoms with Gasteiger partial charge in [0.2, 0.25) is 15.8 Å². The molecule has 0 bridgehead atoms. The van der Waals surface area contributed by atoms with Crippen LogP contribution in [0.25, 0.3) is 22.5 Å². The maximum absolute atomic E-state index is 14.0. The van der Waals surface area contributed by atoms with Gasteiger partial charge in [0.1, 0.15) is 12.5 Å². The Balaban J connectivity index is 2.26. The van der Waals surface area contributed by atoms with E-state index in [-0.39, 0.29) is 34.0 Å². The molecule has 184 valence electrons. The Labute approximate surface area is 196 Å². The summed E-state index contributed by atoms with van der Waals surface area (Å²) in [5.74, 6) is -1.84. The van der Waals surface area contributed by atoms with Gasteiger partial charge in [-0.1, -0.05) is 37.8 Å². The monoisotopic (exact) mass is 515 g/mol. The molecule has 0 fully saturated rings. The third kappa shape index (κ3) is 6.12. The molecule has 2 N–H and O–H groups in total. The van der Waals surface area contributed by atoms with Crippen molar-refractivity contribution in [2.45, 2.75) is 43.5 Å². The molecule has 1 aromatic heterocycles. The highest BCUT2D eigenvalue weighted by Crippen LogP contribution is 2.40. The van der Waals surface area contributed by atoms with Gasteiger partial charge in [-0.05, 0) is 36.4 Å². The van der Waals surface area contributed by atoms with E-state index in [0.29, 0.717) is 0 Å². The second kappa shape index (κ2) is 9.60. The number of nitrogens with zero attached hydrogens (tertiary/aromatic N) is 2. The number of imidazole rings is 1. The van der Waals surface area contributed by atoms with Crippen molar-refractivity contribution >= 4 is 18.1 Å². The van der Waals surface area contributed by atoms with E-state index in [2.05, 4.69) is 24.6 Å². The number of hydrogen-bond acceptors (Lipinski definition) is 4. The van der Waals surface area contributed by atoms with Crippen molar-refractivity contribution in [1.29, 1.82) is 0 Å². The standard InChI is InChI=1S/C22H25F4N3O3SSi/c1-34(2,3)13-12-32-14-29-20(15-8-10-16(23)11-9-15)19(28-21(29)22(24,25)26)17-6-4-5-7-18(17)33(27,30)31/h4-11H,12-14H2,1-3H3,(H2,27,30,31). The predicted molar refractivity (Wildman–Crippen MR) is 124 cm³/mol. The number of ether oxygens (including phenoxy) is 1. The first kappa shape index (κ1) is 26.1. The quantitative estimate of drug-likeness (QED) is 0.249. The fourth-order valence-electron chi connectivity index (χ4n) is 3.33. The molecule has 2 aromatic carbocycles. The molecule has 0 aliphatic rings.